The third-order valence-electron chi connectivity index (χ3n) is 4.13. The lowest BCUT2D eigenvalue weighted by Gasteiger charge is -2.18. The number of hydrogen-bond donors (Lipinski definition) is 3. The highest BCUT2D eigenvalue weighted by Crippen LogP contribution is 2.29. The van der Waals surface area contributed by atoms with Crippen LogP contribution >= 0.6 is 0 Å². The van der Waals surface area contributed by atoms with Gasteiger partial charge in [-0.1, -0.05) is 48.5 Å². The maximum absolute atomic E-state index is 5.98. The highest BCUT2D eigenvalue weighted by Gasteiger charge is 2.10. The van der Waals surface area contributed by atoms with Gasteiger partial charge in [0.2, 0.25) is 0 Å². The number of anilines is 1. The van der Waals surface area contributed by atoms with Crippen molar-refractivity contribution in [1.29, 1.82) is 0 Å². The average Bonchev–Trinajstić information content (AvgIpc) is 2.64. The standard InChI is InChI=1S/C21H23N3/c22-15-14-20(23)17-10-12-18(13-11-17)24-21-9-5-4-8-19(21)16-6-2-1-3-7-16/h1-3,5-7,9-14,24H,4,8,15,22-23H2/b20-14-. The Hall–Kier alpha value is -2.78. The lowest BCUT2D eigenvalue weighted by molar-refractivity contribution is 1.04. The van der Waals surface area contributed by atoms with E-state index < -0.39 is 0 Å². The van der Waals surface area contributed by atoms with E-state index in [4.69, 9.17) is 11.5 Å². The van der Waals surface area contributed by atoms with Crippen molar-refractivity contribution in [2.24, 2.45) is 11.5 Å². The van der Waals surface area contributed by atoms with Crippen LogP contribution in [0.1, 0.15) is 24.0 Å². The molecule has 3 nitrogen and oxygen atoms in total. The zero-order chi connectivity index (χ0) is 16.8. The predicted molar refractivity (Wildman–Crippen MR) is 103 cm³/mol. The number of allylic oxidation sites excluding steroid dienone is 3. The second-order valence-corrected chi connectivity index (χ2v) is 5.80. The van der Waals surface area contributed by atoms with Crippen LogP contribution in [-0.2, 0) is 0 Å². The summed E-state index contributed by atoms with van der Waals surface area (Å²) in [7, 11) is 0. The van der Waals surface area contributed by atoms with Crippen LogP contribution < -0.4 is 16.8 Å². The Balaban J connectivity index is 1.85. The van der Waals surface area contributed by atoms with Crippen molar-refractivity contribution in [3.05, 3.63) is 89.6 Å². The Morgan fingerprint density at radius 2 is 1.79 bits per heavy atom. The topological polar surface area (TPSA) is 64.1 Å². The molecule has 0 unspecified atom stereocenters. The first-order chi connectivity index (χ1) is 11.8. The Morgan fingerprint density at radius 1 is 1.04 bits per heavy atom. The second-order valence-electron chi connectivity index (χ2n) is 5.80. The molecule has 0 heterocycles. The molecule has 0 amide bonds. The molecular formula is C21H23N3. The Labute approximate surface area is 143 Å². The van der Waals surface area contributed by atoms with Gasteiger partial charge in [-0.3, -0.25) is 0 Å². The molecule has 0 spiro atoms. The third-order valence-corrected chi connectivity index (χ3v) is 4.13. The fraction of sp³-hybridized carbons (Fsp3) is 0.143. The molecule has 122 valence electrons. The van der Waals surface area contributed by atoms with Gasteiger partial charge in [0, 0.05) is 23.6 Å². The van der Waals surface area contributed by atoms with Gasteiger partial charge in [-0.15, -0.1) is 0 Å². The molecule has 0 aromatic heterocycles. The average molecular weight is 317 g/mol. The quantitative estimate of drug-likeness (QED) is 0.777. The van der Waals surface area contributed by atoms with Gasteiger partial charge >= 0.3 is 0 Å². The molecule has 5 N–H and O–H groups in total. The van der Waals surface area contributed by atoms with Gasteiger partial charge in [-0.25, -0.2) is 0 Å². The van der Waals surface area contributed by atoms with Crippen molar-refractivity contribution < 1.29 is 0 Å². The predicted octanol–water partition coefficient (Wildman–Crippen LogP) is 4.12. The Morgan fingerprint density at radius 3 is 2.50 bits per heavy atom. The van der Waals surface area contributed by atoms with E-state index in [9.17, 15) is 0 Å². The van der Waals surface area contributed by atoms with E-state index in [1.165, 1.54) is 11.1 Å². The molecule has 2 aromatic rings. The molecule has 1 aliphatic carbocycles. The number of nitrogens with two attached hydrogens (primary N) is 2. The van der Waals surface area contributed by atoms with Crippen LogP contribution in [0.5, 0.6) is 0 Å². The molecule has 1 aliphatic rings. The van der Waals surface area contributed by atoms with Gasteiger partial charge in [0.25, 0.3) is 0 Å². The summed E-state index contributed by atoms with van der Waals surface area (Å²) < 4.78 is 0. The monoisotopic (exact) mass is 317 g/mol. The van der Waals surface area contributed by atoms with Crippen LogP contribution in [-0.4, -0.2) is 6.54 Å². The lowest BCUT2D eigenvalue weighted by Crippen LogP contribution is -2.05. The lowest BCUT2D eigenvalue weighted by atomic mass is 9.95. The Bertz CT molecular complexity index is 768. The molecule has 3 heteroatoms. The normalized spacial score (nSPS) is 14.8. The molecule has 0 aliphatic heterocycles. The van der Waals surface area contributed by atoms with E-state index in [0.717, 1.165) is 29.8 Å². The molecule has 0 fully saturated rings. The van der Waals surface area contributed by atoms with Crippen LogP contribution in [0.2, 0.25) is 0 Å². The highest BCUT2D eigenvalue weighted by molar-refractivity contribution is 5.76. The van der Waals surface area contributed by atoms with E-state index in [-0.39, 0.29) is 0 Å². The van der Waals surface area contributed by atoms with Gasteiger partial charge in [-0.05, 0) is 53.8 Å². The molecule has 0 radical (unpaired) electrons. The molecule has 3 rings (SSSR count). The molecule has 0 saturated carbocycles. The summed E-state index contributed by atoms with van der Waals surface area (Å²) in [5, 5.41) is 3.54. The molecule has 2 aromatic carbocycles. The smallest absolute Gasteiger partial charge is 0.0419 e. The molecule has 0 atom stereocenters. The van der Waals surface area contributed by atoms with E-state index in [2.05, 4.69) is 41.7 Å². The fourth-order valence-electron chi connectivity index (χ4n) is 2.87. The summed E-state index contributed by atoms with van der Waals surface area (Å²) >= 11 is 0. The zero-order valence-corrected chi connectivity index (χ0v) is 13.7. The van der Waals surface area contributed by atoms with Crippen molar-refractivity contribution in [2.45, 2.75) is 12.8 Å². The van der Waals surface area contributed by atoms with Gasteiger partial charge in [0.15, 0.2) is 0 Å². The number of hydrogen-bond acceptors (Lipinski definition) is 3. The molecule has 24 heavy (non-hydrogen) atoms. The minimum atomic E-state index is 0.448. The summed E-state index contributed by atoms with van der Waals surface area (Å²) in [4.78, 5) is 0. The van der Waals surface area contributed by atoms with Crippen molar-refractivity contribution in [1.82, 2.24) is 0 Å². The summed E-state index contributed by atoms with van der Waals surface area (Å²) in [5.41, 5.74) is 18.0. The first kappa shape index (κ1) is 16.1. The van der Waals surface area contributed by atoms with Crippen LogP contribution in [0, 0.1) is 0 Å². The third kappa shape index (κ3) is 3.76. The second kappa shape index (κ2) is 7.66. The van der Waals surface area contributed by atoms with Gasteiger partial charge in [0.1, 0.15) is 0 Å². The SMILES string of the molecule is NC/C=C(\N)c1ccc(NC2=C(c3ccccc3)CCC=C2)cc1. The van der Waals surface area contributed by atoms with Crippen molar-refractivity contribution in [2.75, 3.05) is 11.9 Å². The first-order valence-corrected chi connectivity index (χ1v) is 8.26. The van der Waals surface area contributed by atoms with Crippen molar-refractivity contribution >= 4 is 17.0 Å². The highest BCUT2D eigenvalue weighted by atomic mass is 14.9. The first-order valence-electron chi connectivity index (χ1n) is 8.26. The fourth-order valence-corrected chi connectivity index (χ4v) is 2.87. The largest absolute Gasteiger partial charge is 0.398 e. The number of benzene rings is 2. The summed E-state index contributed by atoms with van der Waals surface area (Å²) in [6.45, 7) is 0.448. The van der Waals surface area contributed by atoms with Crippen LogP contribution in [0.15, 0.2) is 78.5 Å². The van der Waals surface area contributed by atoms with E-state index in [1.54, 1.807) is 0 Å². The van der Waals surface area contributed by atoms with E-state index >= 15 is 0 Å². The van der Waals surface area contributed by atoms with Gasteiger partial charge in [-0.2, -0.15) is 0 Å². The molecule has 0 saturated heterocycles. The van der Waals surface area contributed by atoms with Crippen molar-refractivity contribution in [3.8, 4) is 0 Å². The summed E-state index contributed by atoms with van der Waals surface area (Å²) in [6.07, 6.45) is 8.33. The maximum Gasteiger partial charge on any atom is 0.0419 e. The molecular weight excluding hydrogens is 294 g/mol. The summed E-state index contributed by atoms with van der Waals surface area (Å²) in [5.74, 6) is 0. The van der Waals surface area contributed by atoms with Crippen molar-refractivity contribution in [3.63, 3.8) is 0 Å². The summed E-state index contributed by atoms with van der Waals surface area (Å²) in [6, 6.07) is 18.7. The molecule has 0 bridgehead atoms. The van der Waals surface area contributed by atoms with Crippen LogP contribution in [0.25, 0.3) is 11.3 Å². The van der Waals surface area contributed by atoms with E-state index in [0.29, 0.717) is 12.2 Å². The van der Waals surface area contributed by atoms with Gasteiger partial charge < -0.3 is 16.8 Å². The van der Waals surface area contributed by atoms with Crippen LogP contribution in [0.3, 0.4) is 0 Å². The van der Waals surface area contributed by atoms with E-state index in [1.807, 2.05) is 36.4 Å². The van der Waals surface area contributed by atoms with Crippen LogP contribution in [0.4, 0.5) is 5.69 Å². The minimum absolute atomic E-state index is 0.448. The number of nitrogens with one attached hydrogen (secondary N) is 1. The Kier molecular flexibility index (Phi) is 5.14. The minimum Gasteiger partial charge on any atom is -0.398 e. The van der Waals surface area contributed by atoms with Gasteiger partial charge in [0.05, 0.1) is 0 Å². The number of rotatable bonds is 5. The maximum atomic E-state index is 5.98. The zero-order valence-electron chi connectivity index (χ0n) is 13.7.